The van der Waals surface area contributed by atoms with Crippen molar-refractivity contribution in [3.8, 4) is 11.5 Å². The van der Waals surface area contributed by atoms with Gasteiger partial charge in [0, 0.05) is 10.0 Å². The van der Waals surface area contributed by atoms with E-state index in [2.05, 4.69) is 15.9 Å². The van der Waals surface area contributed by atoms with Crippen molar-refractivity contribution in [2.24, 2.45) is 0 Å². The molecule has 2 aromatic carbocycles. The lowest BCUT2D eigenvalue weighted by molar-refractivity contribution is 0.282. The number of hydrogen-bond acceptors (Lipinski definition) is 2. The Kier molecular flexibility index (Phi) is 4.20. The number of rotatable bonds is 4. The monoisotopic (exact) mass is 310 g/mol. The lowest BCUT2D eigenvalue weighted by Gasteiger charge is -2.12. The third-order valence-electron chi connectivity index (χ3n) is 2.50. The van der Waals surface area contributed by atoms with E-state index in [1.807, 2.05) is 18.2 Å². The summed E-state index contributed by atoms with van der Waals surface area (Å²) in [5.41, 5.74) is 0.850. The van der Waals surface area contributed by atoms with E-state index in [1.54, 1.807) is 25.3 Å². The average molecular weight is 311 g/mol. The number of hydrogen-bond donors (Lipinski definition) is 0. The maximum atomic E-state index is 13.4. The zero-order chi connectivity index (χ0) is 13.0. The summed E-state index contributed by atoms with van der Waals surface area (Å²) in [5.74, 6) is 0.569. The third-order valence-corrected chi connectivity index (χ3v) is 3.25. The van der Waals surface area contributed by atoms with Gasteiger partial charge in [0.1, 0.15) is 12.4 Å². The molecule has 0 spiro atoms. The van der Waals surface area contributed by atoms with Gasteiger partial charge in [0.2, 0.25) is 0 Å². The van der Waals surface area contributed by atoms with E-state index < -0.39 is 0 Å². The predicted octanol–water partition coefficient (Wildman–Crippen LogP) is 4.18. The first-order valence-electron chi connectivity index (χ1n) is 5.41. The van der Waals surface area contributed by atoms with Crippen LogP contribution in [0.1, 0.15) is 5.56 Å². The van der Waals surface area contributed by atoms with Crippen LogP contribution in [0.3, 0.4) is 0 Å². The van der Waals surface area contributed by atoms with Crippen LogP contribution < -0.4 is 9.47 Å². The second-order valence-electron chi connectivity index (χ2n) is 3.64. The maximum Gasteiger partial charge on any atom is 0.165 e. The summed E-state index contributed by atoms with van der Waals surface area (Å²) in [6.45, 7) is 0.242. The van der Waals surface area contributed by atoms with Crippen LogP contribution in [0.5, 0.6) is 11.5 Å². The lowest BCUT2D eigenvalue weighted by Crippen LogP contribution is -2.01. The van der Waals surface area contributed by atoms with Crippen LogP contribution >= 0.6 is 15.9 Å². The first-order valence-corrected chi connectivity index (χ1v) is 6.20. The molecule has 0 saturated heterocycles. The van der Waals surface area contributed by atoms with Crippen LogP contribution in [0.15, 0.2) is 46.9 Å². The molecule has 2 nitrogen and oxygen atoms in total. The Hall–Kier alpha value is -1.55. The van der Waals surface area contributed by atoms with Crippen molar-refractivity contribution < 1.29 is 13.9 Å². The molecule has 0 bridgehead atoms. The second-order valence-corrected chi connectivity index (χ2v) is 4.49. The van der Waals surface area contributed by atoms with Crippen LogP contribution in [0.4, 0.5) is 4.39 Å². The SMILES string of the molecule is COc1cccc(Br)c1COc1ccccc1F. The van der Waals surface area contributed by atoms with E-state index in [0.29, 0.717) is 5.75 Å². The summed E-state index contributed by atoms with van der Waals surface area (Å²) in [7, 11) is 1.59. The van der Waals surface area contributed by atoms with Crippen molar-refractivity contribution in [3.05, 3.63) is 58.3 Å². The summed E-state index contributed by atoms with van der Waals surface area (Å²) in [6, 6.07) is 11.9. The zero-order valence-electron chi connectivity index (χ0n) is 9.82. The molecule has 94 valence electrons. The summed E-state index contributed by atoms with van der Waals surface area (Å²) in [6.07, 6.45) is 0. The van der Waals surface area contributed by atoms with Gasteiger partial charge in [-0.05, 0) is 24.3 Å². The Labute approximate surface area is 113 Å². The van der Waals surface area contributed by atoms with Gasteiger partial charge in [0.05, 0.1) is 7.11 Å². The molecule has 4 heteroatoms. The molecule has 0 amide bonds. The molecular weight excluding hydrogens is 299 g/mol. The van der Waals surface area contributed by atoms with Gasteiger partial charge in [-0.1, -0.05) is 34.1 Å². The highest BCUT2D eigenvalue weighted by molar-refractivity contribution is 9.10. The van der Waals surface area contributed by atoms with Gasteiger partial charge in [-0.2, -0.15) is 0 Å². The Morgan fingerprint density at radius 3 is 2.50 bits per heavy atom. The highest BCUT2D eigenvalue weighted by Gasteiger charge is 2.09. The molecule has 0 aliphatic heterocycles. The molecule has 0 unspecified atom stereocenters. The molecule has 0 heterocycles. The summed E-state index contributed by atoms with van der Waals surface area (Å²) in [4.78, 5) is 0. The van der Waals surface area contributed by atoms with Crippen molar-refractivity contribution in [1.82, 2.24) is 0 Å². The third kappa shape index (κ3) is 2.82. The molecule has 2 rings (SSSR count). The molecule has 0 N–H and O–H groups in total. The van der Waals surface area contributed by atoms with E-state index in [0.717, 1.165) is 10.0 Å². The fraction of sp³-hybridized carbons (Fsp3) is 0.143. The molecule has 0 saturated carbocycles. The van der Waals surface area contributed by atoms with E-state index in [9.17, 15) is 4.39 Å². The molecule has 0 aliphatic carbocycles. The van der Waals surface area contributed by atoms with Crippen molar-refractivity contribution in [3.63, 3.8) is 0 Å². The number of benzene rings is 2. The zero-order valence-corrected chi connectivity index (χ0v) is 11.4. The highest BCUT2D eigenvalue weighted by atomic mass is 79.9. The fourth-order valence-electron chi connectivity index (χ4n) is 1.58. The van der Waals surface area contributed by atoms with E-state index in [-0.39, 0.29) is 18.2 Å². The minimum atomic E-state index is -0.372. The topological polar surface area (TPSA) is 18.5 Å². The molecule has 0 aromatic heterocycles. The Balaban J connectivity index is 2.18. The molecule has 0 atom stereocenters. The summed E-state index contributed by atoms with van der Waals surface area (Å²) >= 11 is 3.43. The summed E-state index contributed by atoms with van der Waals surface area (Å²) < 4.78 is 25.0. The quantitative estimate of drug-likeness (QED) is 0.843. The number of para-hydroxylation sites is 1. The van der Waals surface area contributed by atoms with Crippen LogP contribution in [-0.2, 0) is 6.61 Å². The Morgan fingerprint density at radius 1 is 1.06 bits per heavy atom. The van der Waals surface area contributed by atoms with Crippen LogP contribution in [0, 0.1) is 5.82 Å². The second kappa shape index (κ2) is 5.87. The van der Waals surface area contributed by atoms with Crippen LogP contribution in [-0.4, -0.2) is 7.11 Å². The van der Waals surface area contributed by atoms with Crippen molar-refractivity contribution in [2.45, 2.75) is 6.61 Å². The van der Waals surface area contributed by atoms with Gasteiger partial charge >= 0.3 is 0 Å². The number of ether oxygens (including phenoxy) is 2. The standard InChI is InChI=1S/C14H12BrFO2/c1-17-13-8-4-5-11(15)10(13)9-18-14-7-3-2-6-12(14)16/h2-8H,9H2,1H3. The summed E-state index contributed by atoms with van der Waals surface area (Å²) in [5, 5.41) is 0. The molecule has 2 aromatic rings. The molecule has 18 heavy (non-hydrogen) atoms. The minimum Gasteiger partial charge on any atom is -0.496 e. The number of halogens is 2. The van der Waals surface area contributed by atoms with E-state index in [4.69, 9.17) is 9.47 Å². The highest BCUT2D eigenvalue weighted by Crippen LogP contribution is 2.28. The van der Waals surface area contributed by atoms with E-state index in [1.165, 1.54) is 6.07 Å². The Bertz CT molecular complexity index is 543. The maximum absolute atomic E-state index is 13.4. The van der Waals surface area contributed by atoms with Crippen LogP contribution in [0.2, 0.25) is 0 Å². The molecule has 0 aliphatic rings. The van der Waals surface area contributed by atoms with Crippen molar-refractivity contribution in [2.75, 3.05) is 7.11 Å². The fourth-order valence-corrected chi connectivity index (χ4v) is 2.04. The predicted molar refractivity (Wildman–Crippen MR) is 71.4 cm³/mol. The van der Waals surface area contributed by atoms with Gasteiger partial charge in [-0.25, -0.2) is 4.39 Å². The van der Waals surface area contributed by atoms with Gasteiger partial charge in [0.25, 0.3) is 0 Å². The van der Waals surface area contributed by atoms with Crippen LogP contribution in [0.25, 0.3) is 0 Å². The first kappa shape index (κ1) is 12.9. The van der Waals surface area contributed by atoms with Crippen molar-refractivity contribution >= 4 is 15.9 Å². The average Bonchev–Trinajstić information content (AvgIpc) is 2.39. The first-order chi connectivity index (χ1) is 8.72. The van der Waals surface area contributed by atoms with Gasteiger partial charge in [-0.3, -0.25) is 0 Å². The minimum absolute atomic E-state index is 0.232. The smallest absolute Gasteiger partial charge is 0.165 e. The largest absolute Gasteiger partial charge is 0.496 e. The molecule has 0 radical (unpaired) electrons. The van der Waals surface area contributed by atoms with Gasteiger partial charge in [0.15, 0.2) is 11.6 Å². The van der Waals surface area contributed by atoms with Crippen molar-refractivity contribution in [1.29, 1.82) is 0 Å². The normalized spacial score (nSPS) is 10.2. The van der Waals surface area contributed by atoms with Gasteiger partial charge in [-0.15, -0.1) is 0 Å². The number of methoxy groups -OCH3 is 1. The molecular formula is C14H12BrFO2. The Morgan fingerprint density at radius 2 is 1.78 bits per heavy atom. The van der Waals surface area contributed by atoms with E-state index >= 15 is 0 Å². The molecule has 0 fully saturated rings. The van der Waals surface area contributed by atoms with Gasteiger partial charge < -0.3 is 9.47 Å². The lowest BCUT2D eigenvalue weighted by atomic mass is 10.2.